The first-order valence-electron chi connectivity index (χ1n) is 7.56. The third-order valence-electron chi connectivity index (χ3n) is 3.71. The Hall–Kier alpha value is -3.24. The number of anilines is 1. The predicted molar refractivity (Wildman–Crippen MR) is 100 cm³/mol. The van der Waals surface area contributed by atoms with Crippen molar-refractivity contribution in [2.24, 2.45) is 0 Å². The number of esters is 1. The highest BCUT2D eigenvalue weighted by Crippen LogP contribution is 2.27. The molecule has 26 heavy (non-hydrogen) atoms. The van der Waals surface area contributed by atoms with Crippen molar-refractivity contribution in [3.05, 3.63) is 70.5 Å². The molecular formula is C19H14BrN3O3. The molecule has 7 heteroatoms. The molecule has 0 saturated carbocycles. The summed E-state index contributed by atoms with van der Waals surface area (Å²) in [6.07, 6.45) is 1.51. The van der Waals surface area contributed by atoms with Crippen LogP contribution < -0.4 is 10.5 Å². The molecule has 0 aliphatic carbocycles. The van der Waals surface area contributed by atoms with Gasteiger partial charge in [0.1, 0.15) is 17.6 Å². The van der Waals surface area contributed by atoms with E-state index in [1.54, 1.807) is 24.3 Å². The van der Waals surface area contributed by atoms with Gasteiger partial charge in [0, 0.05) is 16.4 Å². The molecule has 0 fully saturated rings. The van der Waals surface area contributed by atoms with E-state index < -0.39 is 5.97 Å². The van der Waals surface area contributed by atoms with Crippen LogP contribution in [0.4, 0.5) is 5.69 Å². The standard InChI is InChI=1S/C19H14BrN3O3/c1-25-19(24)18-17(22)12(10-21)11-23(18)14-4-8-16(9-5-14)26-15-6-2-13(20)3-7-15/h2-9,11H,22H2,1H3. The third kappa shape index (κ3) is 3.41. The van der Waals surface area contributed by atoms with Crippen molar-refractivity contribution in [3.8, 4) is 23.3 Å². The average Bonchev–Trinajstić information content (AvgIpc) is 3.00. The minimum Gasteiger partial charge on any atom is -0.464 e. The number of halogens is 1. The van der Waals surface area contributed by atoms with Gasteiger partial charge in [-0.3, -0.25) is 0 Å². The molecule has 1 aromatic heterocycles. The first kappa shape index (κ1) is 17.6. The highest BCUT2D eigenvalue weighted by Gasteiger charge is 2.21. The van der Waals surface area contributed by atoms with E-state index in [1.807, 2.05) is 30.3 Å². The lowest BCUT2D eigenvalue weighted by molar-refractivity contribution is 0.0593. The van der Waals surface area contributed by atoms with Gasteiger partial charge in [-0.2, -0.15) is 5.26 Å². The second-order valence-electron chi connectivity index (χ2n) is 5.33. The molecule has 0 aliphatic rings. The van der Waals surface area contributed by atoms with E-state index in [0.717, 1.165) is 4.47 Å². The van der Waals surface area contributed by atoms with E-state index in [4.69, 9.17) is 20.5 Å². The normalized spacial score (nSPS) is 10.2. The Kier molecular flexibility index (Phi) is 4.96. The molecular weight excluding hydrogens is 398 g/mol. The van der Waals surface area contributed by atoms with Crippen LogP contribution in [0.5, 0.6) is 11.5 Å². The van der Waals surface area contributed by atoms with E-state index in [9.17, 15) is 4.79 Å². The van der Waals surface area contributed by atoms with E-state index in [-0.39, 0.29) is 16.9 Å². The van der Waals surface area contributed by atoms with Gasteiger partial charge < -0.3 is 19.8 Å². The van der Waals surface area contributed by atoms with Crippen LogP contribution in [0.1, 0.15) is 16.1 Å². The second kappa shape index (κ2) is 7.33. The molecule has 0 atom stereocenters. The van der Waals surface area contributed by atoms with Crippen LogP contribution in [0.15, 0.2) is 59.2 Å². The van der Waals surface area contributed by atoms with Gasteiger partial charge in [0.25, 0.3) is 0 Å². The van der Waals surface area contributed by atoms with Gasteiger partial charge in [-0.15, -0.1) is 0 Å². The van der Waals surface area contributed by atoms with Gasteiger partial charge in [-0.1, -0.05) is 15.9 Å². The number of hydrogen-bond acceptors (Lipinski definition) is 5. The maximum atomic E-state index is 12.0. The number of methoxy groups -OCH3 is 1. The quantitative estimate of drug-likeness (QED) is 0.647. The van der Waals surface area contributed by atoms with Crippen molar-refractivity contribution < 1.29 is 14.3 Å². The van der Waals surface area contributed by atoms with Gasteiger partial charge in [-0.25, -0.2) is 4.79 Å². The number of nitrogen functional groups attached to an aromatic ring is 1. The summed E-state index contributed by atoms with van der Waals surface area (Å²) in [6.45, 7) is 0. The Bertz CT molecular complexity index is 987. The fourth-order valence-electron chi connectivity index (χ4n) is 2.43. The van der Waals surface area contributed by atoms with Crippen LogP contribution >= 0.6 is 15.9 Å². The predicted octanol–water partition coefficient (Wildman–Crippen LogP) is 4.27. The van der Waals surface area contributed by atoms with Crippen LogP contribution in [-0.4, -0.2) is 17.6 Å². The van der Waals surface area contributed by atoms with Gasteiger partial charge in [0.05, 0.1) is 18.4 Å². The summed E-state index contributed by atoms with van der Waals surface area (Å²) in [4.78, 5) is 12.0. The van der Waals surface area contributed by atoms with Gasteiger partial charge in [0.15, 0.2) is 5.69 Å². The summed E-state index contributed by atoms with van der Waals surface area (Å²) >= 11 is 3.38. The largest absolute Gasteiger partial charge is 0.464 e. The molecule has 0 unspecified atom stereocenters. The van der Waals surface area contributed by atoms with Crippen molar-refractivity contribution in [1.29, 1.82) is 5.26 Å². The summed E-state index contributed by atoms with van der Waals surface area (Å²) in [6, 6.07) is 16.5. The SMILES string of the molecule is COC(=O)c1c(N)c(C#N)cn1-c1ccc(Oc2ccc(Br)cc2)cc1. The molecule has 0 spiro atoms. The number of carbonyl (C=O) groups is 1. The van der Waals surface area contributed by atoms with Crippen molar-refractivity contribution in [2.45, 2.75) is 0 Å². The van der Waals surface area contributed by atoms with E-state index in [2.05, 4.69) is 15.9 Å². The summed E-state index contributed by atoms with van der Waals surface area (Å²) in [5, 5.41) is 9.17. The van der Waals surface area contributed by atoms with E-state index in [0.29, 0.717) is 17.2 Å². The lowest BCUT2D eigenvalue weighted by Gasteiger charge is -2.10. The lowest BCUT2D eigenvalue weighted by atomic mass is 10.2. The zero-order valence-corrected chi connectivity index (χ0v) is 15.4. The van der Waals surface area contributed by atoms with Crippen LogP contribution in [0, 0.1) is 11.3 Å². The summed E-state index contributed by atoms with van der Waals surface area (Å²) < 4.78 is 13.0. The number of carbonyl (C=O) groups excluding carboxylic acids is 1. The molecule has 130 valence electrons. The zero-order valence-electron chi connectivity index (χ0n) is 13.8. The number of ether oxygens (including phenoxy) is 2. The van der Waals surface area contributed by atoms with Crippen LogP contribution in [-0.2, 0) is 4.74 Å². The van der Waals surface area contributed by atoms with Gasteiger partial charge in [0.2, 0.25) is 0 Å². The highest BCUT2D eigenvalue weighted by molar-refractivity contribution is 9.10. The number of rotatable bonds is 4. The minimum absolute atomic E-state index is 0.0922. The Balaban J connectivity index is 1.92. The van der Waals surface area contributed by atoms with Crippen molar-refractivity contribution >= 4 is 27.6 Å². The van der Waals surface area contributed by atoms with Crippen LogP contribution in [0.2, 0.25) is 0 Å². The maximum absolute atomic E-state index is 12.0. The second-order valence-corrected chi connectivity index (χ2v) is 6.24. The van der Waals surface area contributed by atoms with Crippen molar-refractivity contribution in [3.63, 3.8) is 0 Å². The molecule has 0 bridgehead atoms. The molecule has 1 heterocycles. The van der Waals surface area contributed by atoms with E-state index in [1.165, 1.54) is 17.9 Å². The Labute approximate surface area is 158 Å². The molecule has 0 radical (unpaired) electrons. The topological polar surface area (TPSA) is 90.3 Å². The number of nitrogens with two attached hydrogens (primary N) is 1. The molecule has 2 N–H and O–H groups in total. The number of nitrogens with zero attached hydrogens (tertiary/aromatic N) is 2. The zero-order chi connectivity index (χ0) is 18.7. The summed E-state index contributed by atoms with van der Waals surface area (Å²) in [7, 11) is 1.26. The molecule has 0 amide bonds. The molecule has 0 saturated heterocycles. The van der Waals surface area contributed by atoms with Crippen LogP contribution in [0.3, 0.4) is 0 Å². The van der Waals surface area contributed by atoms with Gasteiger partial charge >= 0.3 is 5.97 Å². The highest BCUT2D eigenvalue weighted by atomic mass is 79.9. The monoisotopic (exact) mass is 411 g/mol. The fourth-order valence-corrected chi connectivity index (χ4v) is 2.70. The first-order chi connectivity index (χ1) is 12.5. The Morgan fingerprint density at radius 3 is 2.23 bits per heavy atom. The number of benzene rings is 2. The van der Waals surface area contributed by atoms with Crippen molar-refractivity contribution in [1.82, 2.24) is 4.57 Å². The van der Waals surface area contributed by atoms with E-state index >= 15 is 0 Å². The smallest absolute Gasteiger partial charge is 0.357 e. The third-order valence-corrected chi connectivity index (χ3v) is 4.24. The average molecular weight is 412 g/mol. The molecule has 3 rings (SSSR count). The molecule has 0 aliphatic heterocycles. The Morgan fingerprint density at radius 2 is 1.69 bits per heavy atom. The summed E-state index contributed by atoms with van der Waals surface area (Å²) in [5.41, 5.74) is 6.97. The Morgan fingerprint density at radius 1 is 1.12 bits per heavy atom. The molecule has 3 aromatic rings. The maximum Gasteiger partial charge on any atom is 0.357 e. The number of nitriles is 1. The fraction of sp³-hybridized carbons (Fsp3) is 0.0526. The lowest BCUT2D eigenvalue weighted by Crippen LogP contribution is -2.11. The molecule has 6 nitrogen and oxygen atoms in total. The number of aromatic nitrogens is 1. The summed E-state index contributed by atoms with van der Waals surface area (Å²) in [5.74, 6) is 0.726. The first-order valence-corrected chi connectivity index (χ1v) is 8.36. The number of hydrogen-bond donors (Lipinski definition) is 1. The van der Waals surface area contributed by atoms with Crippen LogP contribution in [0.25, 0.3) is 5.69 Å². The molecule has 2 aromatic carbocycles. The minimum atomic E-state index is -0.612. The van der Waals surface area contributed by atoms with Gasteiger partial charge in [-0.05, 0) is 48.5 Å². The van der Waals surface area contributed by atoms with Crippen molar-refractivity contribution in [2.75, 3.05) is 12.8 Å².